The van der Waals surface area contributed by atoms with Gasteiger partial charge in [0.15, 0.2) is 0 Å². The topological polar surface area (TPSA) is 92.0 Å². The van der Waals surface area contributed by atoms with Crippen molar-refractivity contribution in [2.45, 2.75) is 0 Å². The van der Waals surface area contributed by atoms with Crippen LogP contribution >= 0.6 is 11.6 Å². The van der Waals surface area contributed by atoms with Crippen LogP contribution < -0.4 is 11.2 Å². The van der Waals surface area contributed by atoms with Gasteiger partial charge in [-0.25, -0.2) is 9.59 Å². The minimum absolute atomic E-state index is 0.162. The predicted molar refractivity (Wildman–Crippen MR) is 69.5 cm³/mol. The average Bonchev–Trinajstić information content (AvgIpc) is 2.37. The number of carbonyl (C=O) groups is 1. The van der Waals surface area contributed by atoms with Gasteiger partial charge < -0.3 is 9.72 Å². The van der Waals surface area contributed by atoms with E-state index in [0.717, 1.165) is 0 Å². The summed E-state index contributed by atoms with van der Waals surface area (Å²) in [6, 6.07) is 4.45. The highest BCUT2D eigenvalue weighted by atomic mass is 35.5. The molecule has 1 aromatic carbocycles. The molecule has 0 aliphatic heterocycles. The Morgan fingerprint density at radius 1 is 1.32 bits per heavy atom. The highest BCUT2D eigenvalue weighted by Gasteiger charge is 2.12. The molecule has 0 saturated heterocycles. The molecular formula is C12H9ClN2O4. The predicted octanol–water partition coefficient (Wildman–Crippen LogP) is 1.17. The Kier molecular flexibility index (Phi) is 3.52. The monoisotopic (exact) mass is 280 g/mol. The fraction of sp³-hybridized carbons (Fsp3) is 0.0833. The molecular weight excluding hydrogens is 272 g/mol. The van der Waals surface area contributed by atoms with Crippen LogP contribution in [0.1, 0.15) is 10.4 Å². The first kappa shape index (κ1) is 13.1. The van der Waals surface area contributed by atoms with Crippen molar-refractivity contribution in [3.8, 4) is 11.1 Å². The lowest BCUT2D eigenvalue weighted by molar-refractivity contribution is 0.0601. The highest BCUT2D eigenvalue weighted by molar-refractivity contribution is 6.33. The van der Waals surface area contributed by atoms with Crippen molar-refractivity contribution in [1.82, 2.24) is 9.97 Å². The maximum Gasteiger partial charge on any atom is 0.339 e. The second-order valence-electron chi connectivity index (χ2n) is 3.67. The summed E-state index contributed by atoms with van der Waals surface area (Å²) in [7, 11) is 1.25. The first-order valence-corrected chi connectivity index (χ1v) is 5.61. The molecule has 0 aliphatic carbocycles. The van der Waals surface area contributed by atoms with Crippen LogP contribution in [0.5, 0.6) is 0 Å². The molecule has 0 spiro atoms. The van der Waals surface area contributed by atoms with E-state index in [1.54, 1.807) is 6.07 Å². The number of aromatic nitrogens is 2. The molecule has 7 heteroatoms. The van der Waals surface area contributed by atoms with Crippen LogP contribution in [0, 0.1) is 0 Å². The Balaban J connectivity index is 2.53. The number of rotatable bonds is 2. The summed E-state index contributed by atoms with van der Waals surface area (Å²) in [6.45, 7) is 0. The number of carbonyl (C=O) groups excluding carboxylic acids is 1. The molecule has 0 atom stereocenters. The van der Waals surface area contributed by atoms with E-state index in [9.17, 15) is 14.4 Å². The quantitative estimate of drug-likeness (QED) is 0.808. The summed E-state index contributed by atoms with van der Waals surface area (Å²) in [5.74, 6) is -0.563. The number of H-pyrrole nitrogens is 2. The fourth-order valence-corrected chi connectivity index (χ4v) is 1.84. The zero-order chi connectivity index (χ0) is 14.0. The van der Waals surface area contributed by atoms with Crippen LogP contribution in [0.25, 0.3) is 11.1 Å². The van der Waals surface area contributed by atoms with Crippen LogP contribution in [0.4, 0.5) is 0 Å². The first-order chi connectivity index (χ1) is 9.02. The molecule has 2 aromatic rings. The molecule has 0 bridgehead atoms. The number of hydrogen-bond acceptors (Lipinski definition) is 4. The zero-order valence-corrected chi connectivity index (χ0v) is 10.6. The summed E-state index contributed by atoms with van der Waals surface area (Å²) in [4.78, 5) is 38.4. The van der Waals surface area contributed by atoms with Gasteiger partial charge in [0.2, 0.25) is 0 Å². The minimum atomic E-state index is -0.592. The highest BCUT2D eigenvalue weighted by Crippen LogP contribution is 2.23. The Morgan fingerprint density at radius 2 is 2.05 bits per heavy atom. The van der Waals surface area contributed by atoms with E-state index in [-0.39, 0.29) is 16.1 Å². The summed E-state index contributed by atoms with van der Waals surface area (Å²) in [6.07, 6.45) is 1.28. The molecule has 0 amide bonds. The van der Waals surface area contributed by atoms with Gasteiger partial charge in [0.25, 0.3) is 5.56 Å². The molecule has 2 N–H and O–H groups in total. The van der Waals surface area contributed by atoms with Gasteiger partial charge in [-0.1, -0.05) is 17.7 Å². The summed E-state index contributed by atoms with van der Waals surface area (Å²) < 4.78 is 4.56. The van der Waals surface area contributed by atoms with E-state index in [0.29, 0.717) is 5.56 Å². The lowest BCUT2D eigenvalue weighted by Crippen LogP contribution is -2.22. The van der Waals surface area contributed by atoms with E-state index in [2.05, 4.69) is 14.7 Å². The normalized spacial score (nSPS) is 10.2. The summed E-state index contributed by atoms with van der Waals surface area (Å²) >= 11 is 5.95. The Hall–Kier alpha value is -2.34. The van der Waals surface area contributed by atoms with Crippen molar-refractivity contribution < 1.29 is 9.53 Å². The van der Waals surface area contributed by atoms with E-state index < -0.39 is 17.2 Å². The van der Waals surface area contributed by atoms with E-state index in [4.69, 9.17) is 11.6 Å². The molecule has 0 aliphatic rings. The molecule has 1 heterocycles. The summed E-state index contributed by atoms with van der Waals surface area (Å²) in [5, 5.41) is 0.162. The lowest BCUT2D eigenvalue weighted by atomic mass is 10.1. The smallest absolute Gasteiger partial charge is 0.339 e. The van der Waals surface area contributed by atoms with E-state index >= 15 is 0 Å². The van der Waals surface area contributed by atoms with Crippen molar-refractivity contribution in [1.29, 1.82) is 0 Å². The van der Waals surface area contributed by atoms with E-state index in [1.807, 2.05) is 0 Å². The molecule has 0 radical (unpaired) electrons. The third kappa shape index (κ3) is 2.58. The molecule has 1 aromatic heterocycles. The van der Waals surface area contributed by atoms with Crippen LogP contribution in [0.2, 0.25) is 5.02 Å². The van der Waals surface area contributed by atoms with Crippen LogP contribution in [0.15, 0.2) is 34.0 Å². The number of ether oxygens (including phenoxy) is 1. The molecule has 0 fully saturated rings. The average molecular weight is 281 g/mol. The molecule has 98 valence electrons. The maximum absolute atomic E-state index is 11.6. The third-order valence-corrected chi connectivity index (χ3v) is 2.82. The van der Waals surface area contributed by atoms with Crippen LogP contribution in [0.3, 0.4) is 0 Å². The molecule has 6 nitrogen and oxygen atoms in total. The number of benzene rings is 1. The molecule has 0 unspecified atom stereocenters. The Labute approximate surface area is 112 Å². The largest absolute Gasteiger partial charge is 0.465 e. The minimum Gasteiger partial charge on any atom is -0.465 e. The second-order valence-corrected chi connectivity index (χ2v) is 4.08. The van der Waals surface area contributed by atoms with Crippen LogP contribution in [-0.4, -0.2) is 23.0 Å². The first-order valence-electron chi connectivity index (χ1n) is 5.23. The van der Waals surface area contributed by atoms with Gasteiger partial charge in [-0.05, 0) is 17.7 Å². The van der Waals surface area contributed by atoms with Crippen molar-refractivity contribution >= 4 is 17.6 Å². The van der Waals surface area contributed by atoms with Crippen LogP contribution in [-0.2, 0) is 4.74 Å². The number of nitrogens with one attached hydrogen (secondary N) is 2. The number of aromatic amines is 2. The number of methoxy groups -OCH3 is 1. The second kappa shape index (κ2) is 5.11. The SMILES string of the molecule is COC(=O)c1ccc(-c2c[nH]c(=O)[nH]c2=O)cc1Cl. The van der Waals surface area contributed by atoms with E-state index in [1.165, 1.54) is 25.4 Å². The Morgan fingerprint density at radius 3 is 2.63 bits per heavy atom. The van der Waals surface area contributed by atoms with Crippen molar-refractivity contribution in [3.05, 3.63) is 55.8 Å². The maximum atomic E-state index is 11.6. The van der Waals surface area contributed by atoms with Gasteiger partial charge in [-0.15, -0.1) is 0 Å². The number of halogens is 1. The van der Waals surface area contributed by atoms with Gasteiger partial charge in [0, 0.05) is 6.20 Å². The third-order valence-electron chi connectivity index (χ3n) is 2.50. The molecule has 19 heavy (non-hydrogen) atoms. The van der Waals surface area contributed by atoms with Crippen molar-refractivity contribution in [2.75, 3.05) is 7.11 Å². The van der Waals surface area contributed by atoms with Gasteiger partial charge in [-0.3, -0.25) is 9.78 Å². The van der Waals surface area contributed by atoms with Crippen molar-refractivity contribution in [2.24, 2.45) is 0 Å². The fourth-order valence-electron chi connectivity index (χ4n) is 1.58. The number of hydrogen-bond donors (Lipinski definition) is 2. The standard InChI is InChI=1S/C12H9ClN2O4/c1-19-11(17)7-3-2-6(4-9(7)13)8-5-14-12(18)15-10(8)16/h2-5H,1H3,(H2,14,15,16,18). The van der Waals surface area contributed by atoms with Gasteiger partial charge >= 0.3 is 11.7 Å². The Bertz CT molecular complexity index is 748. The number of esters is 1. The van der Waals surface area contributed by atoms with Gasteiger partial charge in [0.05, 0.1) is 23.3 Å². The molecule has 0 saturated carbocycles. The van der Waals surface area contributed by atoms with Crippen molar-refractivity contribution in [3.63, 3.8) is 0 Å². The van der Waals surface area contributed by atoms with Gasteiger partial charge in [-0.2, -0.15) is 0 Å². The van der Waals surface area contributed by atoms with Gasteiger partial charge in [0.1, 0.15) is 0 Å². The zero-order valence-electron chi connectivity index (χ0n) is 9.82. The molecule has 2 rings (SSSR count). The summed E-state index contributed by atoms with van der Waals surface area (Å²) in [5.41, 5.74) is -0.196. The lowest BCUT2D eigenvalue weighted by Gasteiger charge is -2.05.